The average Bonchev–Trinajstić information content (AvgIpc) is 3.38. The number of likely N-dealkylation sites (N-methyl/N-ethyl adjacent to an activating group) is 1. The van der Waals surface area contributed by atoms with Crippen LogP contribution in [0.25, 0.3) is 0 Å². The minimum absolute atomic E-state index is 0.00194. The summed E-state index contributed by atoms with van der Waals surface area (Å²) in [7, 11) is 2.48. The molecule has 0 radical (unpaired) electrons. The Balaban J connectivity index is 1.88. The average molecular weight is 576 g/mol. The van der Waals surface area contributed by atoms with Crippen molar-refractivity contribution in [3.8, 4) is 11.8 Å². The van der Waals surface area contributed by atoms with E-state index in [1.165, 1.54) is 36.2 Å². The van der Waals surface area contributed by atoms with Crippen molar-refractivity contribution < 1.29 is 27.5 Å². The third-order valence-corrected chi connectivity index (χ3v) is 7.71. The van der Waals surface area contributed by atoms with E-state index in [1.807, 2.05) is 6.07 Å². The largest absolute Gasteiger partial charge is 0.496 e. The maximum Gasteiger partial charge on any atom is 0.419 e. The van der Waals surface area contributed by atoms with Gasteiger partial charge in [-0.1, -0.05) is 41.4 Å². The summed E-state index contributed by atoms with van der Waals surface area (Å²) < 4.78 is 46.0. The van der Waals surface area contributed by atoms with Crippen LogP contribution in [0, 0.1) is 11.3 Å². The summed E-state index contributed by atoms with van der Waals surface area (Å²) in [6, 6.07) is 15.9. The van der Waals surface area contributed by atoms with Crippen LogP contribution >= 0.6 is 23.2 Å². The molecule has 1 amide bonds. The third-order valence-electron chi connectivity index (χ3n) is 6.97. The van der Waals surface area contributed by atoms with Crippen molar-refractivity contribution in [3.63, 3.8) is 0 Å². The monoisotopic (exact) mass is 575 g/mol. The first-order valence-electron chi connectivity index (χ1n) is 11.7. The van der Waals surface area contributed by atoms with E-state index in [2.05, 4.69) is 5.32 Å². The minimum Gasteiger partial charge on any atom is -0.496 e. The number of hydrogen-bond acceptors (Lipinski definition) is 5. The second-order valence-electron chi connectivity index (χ2n) is 9.08. The van der Waals surface area contributed by atoms with Crippen LogP contribution in [-0.2, 0) is 6.18 Å². The van der Waals surface area contributed by atoms with Crippen molar-refractivity contribution in [3.05, 3.63) is 98.5 Å². The van der Waals surface area contributed by atoms with Gasteiger partial charge in [-0.25, -0.2) is 0 Å². The maximum atomic E-state index is 14.3. The smallest absolute Gasteiger partial charge is 0.419 e. The van der Waals surface area contributed by atoms with Crippen molar-refractivity contribution in [2.24, 2.45) is 0 Å². The Bertz CT molecular complexity index is 1490. The number of nitrogens with one attached hydrogen (secondary N) is 1. The van der Waals surface area contributed by atoms with Gasteiger partial charge in [0.05, 0.1) is 34.4 Å². The lowest BCUT2D eigenvalue weighted by Crippen LogP contribution is -2.59. The molecule has 1 fully saturated rings. The Morgan fingerprint density at radius 1 is 1.08 bits per heavy atom. The summed E-state index contributed by atoms with van der Waals surface area (Å²) in [5.41, 5.74) is -1.95. The van der Waals surface area contributed by atoms with E-state index in [1.54, 1.807) is 24.3 Å². The van der Waals surface area contributed by atoms with Crippen molar-refractivity contribution >= 4 is 34.9 Å². The number of methoxy groups -OCH3 is 1. The first-order valence-corrected chi connectivity index (χ1v) is 12.4. The van der Waals surface area contributed by atoms with Crippen LogP contribution < -0.4 is 10.1 Å². The third kappa shape index (κ3) is 5.20. The number of Topliss-reactive ketones (excluding diaryl/α,β-unsaturated/α-hetero) is 1. The van der Waals surface area contributed by atoms with E-state index in [9.17, 15) is 28.0 Å². The molecule has 0 saturated carbocycles. The molecule has 1 aliphatic heterocycles. The van der Waals surface area contributed by atoms with Gasteiger partial charge in [-0.05, 0) is 48.0 Å². The second kappa shape index (κ2) is 10.9. The van der Waals surface area contributed by atoms with Crippen LogP contribution in [0.4, 0.5) is 13.2 Å². The van der Waals surface area contributed by atoms with Gasteiger partial charge < -0.3 is 15.0 Å². The van der Waals surface area contributed by atoms with Crippen LogP contribution in [0.1, 0.15) is 43.3 Å². The number of carbonyl (C=O) groups excluding carboxylic acids is 2. The van der Waals surface area contributed by atoms with Gasteiger partial charge in [-0.3, -0.25) is 9.59 Å². The van der Waals surface area contributed by atoms with Gasteiger partial charge in [-0.2, -0.15) is 18.4 Å². The van der Waals surface area contributed by atoms with Crippen LogP contribution in [-0.4, -0.2) is 49.4 Å². The first-order chi connectivity index (χ1) is 18.4. The summed E-state index contributed by atoms with van der Waals surface area (Å²) in [4.78, 5) is 29.3. The number of ketones is 1. The topological polar surface area (TPSA) is 82.4 Å². The Morgan fingerprint density at radius 3 is 2.46 bits per heavy atom. The fraction of sp³-hybridized carbons (Fsp3) is 0.250. The van der Waals surface area contributed by atoms with Gasteiger partial charge in [0.15, 0.2) is 5.78 Å². The number of halogens is 5. The van der Waals surface area contributed by atoms with Crippen molar-refractivity contribution in [2.75, 3.05) is 27.2 Å². The van der Waals surface area contributed by atoms with E-state index >= 15 is 0 Å². The van der Waals surface area contributed by atoms with Gasteiger partial charge in [0, 0.05) is 37.2 Å². The molecule has 0 unspecified atom stereocenters. The number of alkyl halides is 3. The molecular weight excluding hydrogens is 554 g/mol. The Morgan fingerprint density at radius 2 is 1.82 bits per heavy atom. The molecule has 39 heavy (non-hydrogen) atoms. The molecule has 2 atom stereocenters. The van der Waals surface area contributed by atoms with E-state index < -0.39 is 40.6 Å². The highest BCUT2D eigenvalue weighted by molar-refractivity contribution is 6.42. The zero-order valence-corrected chi connectivity index (χ0v) is 22.3. The number of carbonyl (C=O) groups is 2. The Hall–Kier alpha value is -3.58. The second-order valence-corrected chi connectivity index (χ2v) is 9.89. The SMILES string of the molecule is COc1ccc(C(=O)N(C)[C@]2(C(=O)c3cccc(C#N)c3)CNC[C@H]2c2ccc(Cl)c(Cl)c2)cc1C(F)(F)F. The van der Waals surface area contributed by atoms with Crippen LogP contribution in [0.3, 0.4) is 0 Å². The summed E-state index contributed by atoms with van der Waals surface area (Å²) in [5.74, 6) is -2.38. The van der Waals surface area contributed by atoms with Crippen LogP contribution in [0.5, 0.6) is 5.75 Å². The van der Waals surface area contributed by atoms with Gasteiger partial charge >= 0.3 is 6.18 Å². The van der Waals surface area contributed by atoms with E-state index in [0.717, 1.165) is 13.2 Å². The molecule has 0 bridgehead atoms. The van der Waals surface area contributed by atoms with Crippen molar-refractivity contribution in [1.29, 1.82) is 5.26 Å². The quantitative estimate of drug-likeness (QED) is 0.366. The fourth-order valence-electron chi connectivity index (χ4n) is 4.98. The van der Waals surface area contributed by atoms with E-state index in [-0.39, 0.29) is 34.8 Å². The van der Waals surface area contributed by atoms with Gasteiger partial charge in [0.2, 0.25) is 0 Å². The number of rotatable bonds is 6. The van der Waals surface area contributed by atoms with Gasteiger partial charge in [0.1, 0.15) is 11.3 Å². The lowest BCUT2D eigenvalue weighted by molar-refractivity contribution is -0.138. The number of hydrogen-bond donors (Lipinski definition) is 1. The fourth-order valence-corrected chi connectivity index (χ4v) is 5.29. The zero-order chi connectivity index (χ0) is 28.5. The van der Waals surface area contributed by atoms with Gasteiger partial charge in [-0.15, -0.1) is 0 Å². The number of benzene rings is 3. The standard InChI is InChI=1S/C28H22Cl2F3N3O3/c1-36(26(38)19-7-9-24(39-2)20(11-19)28(31,32)33)27(25(37)18-5-3-4-16(10-18)13-34)15-35-14-21(27)17-6-8-22(29)23(30)12-17/h3-12,21,35H,14-15H2,1-2H3/t21-,27+/m0/s1. The molecule has 1 aliphatic rings. The number of amides is 1. The molecule has 202 valence electrons. The van der Waals surface area contributed by atoms with Gasteiger partial charge in [0.25, 0.3) is 5.91 Å². The van der Waals surface area contributed by atoms with Crippen LogP contribution in [0.2, 0.25) is 10.0 Å². The predicted octanol–water partition coefficient (Wildman–Crippen LogP) is 5.97. The molecule has 4 rings (SSSR count). The highest BCUT2D eigenvalue weighted by Gasteiger charge is 2.54. The lowest BCUT2D eigenvalue weighted by atomic mass is 9.75. The molecule has 1 N–H and O–H groups in total. The van der Waals surface area contributed by atoms with E-state index in [0.29, 0.717) is 16.7 Å². The molecule has 11 heteroatoms. The molecule has 0 aromatic heterocycles. The van der Waals surface area contributed by atoms with E-state index in [4.69, 9.17) is 27.9 Å². The summed E-state index contributed by atoms with van der Waals surface area (Å²) >= 11 is 12.4. The molecule has 3 aromatic rings. The Labute approximate surface area is 232 Å². The summed E-state index contributed by atoms with van der Waals surface area (Å²) in [5, 5.41) is 13.1. The molecule has 1 saturated heterocycles. The molecule has 1 heterocycles. The lowest BCUT2D eigenvalue weighted by Gasteiger charge is -2.42. The maximum absolute atomic E-state index is 14.3. The van der Waals surface area contributed by atoms with Crippen molar-refractivity contribution in [2.45, 2.75) is 17.6 Å². The normalized spacial score (nSPS) is 18.9. The highest BCUT2D eigenvalue weighted by atomic mass is 35.5. The summed E-state index contributed by atoms with van der Waals surface area (Å²) in [6.45, 7) is 0.258. The molecule has 6 nitrogen and oxygen atoms in total. The molecular formula is C28H22Cl2F3N3O3. The molecule has 0 spiro atoms. The molecule has 0 aliphatic carbocycles. The number of ether oxygens (including phenoxy) is 1. The van der Waals surface area contributed by atoms with Crippen LogP contribution in [0.15, 0.2) is 60.7 Å². The van der Waals surface area contributed by atoms with Crippen molar-refractivity contribution in [1.82, 2.24) is 10.2 Å². The minimum atomic E-state index is -4.77. The summed E-state index contributed by atoms with van der Waals surface area (Å²) in [6.07, 6.45) is -4.77. The highest BCUT2D eigenvalue weighted by Crippen LogP contribution is 2.42. The first kappa shape index (κ1) is 28.4. The number of nitriles is 1. The number of nitrogens with zero attached hydrogens (tertiary/aromatic N) is 2. The predicted molar refractivity (Wildman–Crippen MR) is 140 cm³/mol. The zero-order valence-electron chi connectivity index (χ0n) is 20.8. The molecule has 3 aromatic carbocycles. The Kier molecular flexibility index (Phi) is 7.94.